The van der Waals surface area contributed by atoms with Gasteiger partial charge < -0.3 is 10.1 Å². The van der Waals surface area contributed by atoms with Crippen molar-refractivity contribution in [3.05, 3.63) is 10.6 Å². The molecular weight excluding hydrogens is 221 g/mol. The first-order valence-corrected chi connectivity index (χ1v) is 5.71. The number of nitrogens with one attached hydrogen (secondary N) is 1. The molecule has 0 atom stereocenters. The van der Waals surface area contributed by atoms with Crippen molar-refractivity contribution in [2.75, 3.05) is 26.3 Å². The molecule has 0 aliphatic heterocycles. The summed E-state index contributed by atoms with van der Waals surface area (Å²) in [5, 5.41) is 3.73. The molecule has 0 aromatic carbocycles. The van der Waals surface area contributed by atoms with E-state index in [9.17, 15) is 0 Å². The normalized spacial score (nSPS) is 12.5. The summed E-state index contributed by atoms with van der Waals surface area (Å²) in [5.74, 6) is 0.705. The molecule has 0 saturated heterocycles. The van der Waals surface area contributed by atoms with Crippen molar-refractivity contribution in [3.63, 3.8) is 0 Å². The van der Waals surface area contributed by atoms with Crippen LogP contribution in [0.25, 0.3) is 0 Å². The molecule has 0 amide bonds. The molecule has 0 aliphatic rings. The van der Waals surface area contributed by atoms with Gasteiger partial charge >= 0.3 is 0 Å². The molecule has 0 aromatic heterocycles. The van der Waals surface area contributed by atoms with Crippen molar-refractivity contribution < 1.29 is 4.74 Å². The van der Waals surface area contributed by atoms with Gasteiger partial charge in [0.15, 0.2) is 0 Å². The van der Waals surface area contributed by atoms with Crippen LogP contribution >= 0.6 is 23.2 Å². The van der Waals surface area contributed by atoms with Crippen LogP contribution in [0, 0.1) is 5.92 Å². The van der Waals surface area contributed by atoms with Gasteiger partial charge in [-0.05, 0) is 12.3 Å². The summed E-state index contributed by atoms with van der Waals surface area (Å²) in [5.41, 5.74) is 1.37. The van der Waals surface area contributed by atoms with Crippen molar-refractivity contribution in [1.82, 2.24) is 5.32 Å². The maximum Gasteiger partial charge on any atom is 0.0591 e. The molecule has 0 saturated carbocycles. The Morgan fingerprint density at radius 1 is 1.43 bits per heavy atom. The summed E-state index contributed by atoms with van der Waals surface area (Å²) in [6.07, 6.45) is 1.11. The minimum atomic E-state index is 0.610. The second kappa shape index (κ2) is 9.78. The standard InChI is InChI=1S/C10H19Cl2NO/c1-9(2)3-5-14-6-4-13-8-10(12)7-11/h7,9,13H,3-6,8H2,1-2H3. The molecule has 0 fully saturated rings. The third-order valence-corrected chi connectivity index (χ3v) is 2.29. The molecule has 0 aromatic rings. The number of ether oxygens (including phenoxy) is 1. The predicted octanol–water partition coefficient (Wildman–Crippen LogP) is 2.96. The zero-order valence-corrected chi connectivity index (χ0v) is 10.4. The van der Waals surface area contributed by atoms with Gasteiger partial charge in [-0.3, -0.25) is 0 Å². The Hall–Kier alpha value is 0.240. The van der Waals surface area contributed by atoms with Crippen LogP contribution in [0.1, 0.15) is 20.3 Å². The van der Waals surface area contributed by atoms with E-state index in [4.69, 9.17) is 27.9 Å². The highest BCUT2D eigenvalue weighted by Gasteiger charge is 1.94. The Morgan fingerprint density at radius 3 is 2.71 bits per heavy atom. The van der Waals surface area contributed by atoms with Gasteiger partial charge in [0.25, 0.3) is 0 Å². The van der Waals surface area contributed by atoms with E-state index in [1.807, 2.05) is 0 Å². The van der Waals surface area contributed by atoms with Crippen molar-refractivity contribution >= 4 is 23.2 Å². The Bertz CT molecular complexity index is 160. The Morgan fingerprint density at radius 2 is 2.14 bits per heavy atom. The lowest BCUT2D eigenvalue weighted by atomic mass is 10.1. The molecule has 4 heteroatoms. The van der Waals surface area contributed by atoms with Gasteiger partial charge in [0.2, 0.25) is 0 Å². The van der Waals surface area contributed by atoms with Crippen LogP contribution in [0.4, 0.5) is 0 Å². The summed E-state index contributed by atoms with van der Waals surface area (Å²) in [7, 11) is 0. The number of halogens is 2. The maximum absolute atomic E-state index is 5.67. The van der Waals surface area contributed by atoms with Crippen LogP contribution in [0.3, 0.4) is 0 Å². The second-order valence-electron chi connectivity index (χ2n) is 3.53. The second-order valence-corrected chi connectivity index (χ2v) is 4.23. The van der Waals surface area contributed by atoms with Gasteiger partial charge in [-0.1, -0.05) is 37.0 Å². The first kappa shape index (κ1) is 14.2. The fourth-order valence-electron chi connectivity index (χ4n) is 0.812. The maximum atomic E-state index is 5.67. The minimum Gasteiger partial charge on any atom is -0.380 e. The van der Waals surface area contributed by atoms with Gasteiger partial charge in [-0.2, -0.15) is 0 Å². The fourth-order valence-corrected chi connectivity index (χ4v) is 0.983. The summed E-state index contributed by atoms with van der Waals surface area (Å²) >= 11 is 11.1. The summed E-state index contributed by atoms with van der Waals surface area (Å²) in [4.78, 5) is 0. The molecule has 0 unspecified atom stereocenters. The first-order chi connectivity index (χ1) is 6.66. The quantitative estimate of drug-likeness (QED) is 0.658. The molecule has 0 aliphatic carbocycles. The van der Waals surface area contributed by atoms with E-state index in [2.05, 4.69) is 19.2 Å². The zero-order chi connectivity index (χ0) is 10.8. The van der Waals surface area contributed by atoms with Gasteiger partial charge in [0.1, 0.15) is 0 Å². The molecule has 14 heavy (non-hydrogen) atoms. The summed E-state index contributed by atoms with van der Waals surface area (Å²) in [6.45, 7) is 7.34. The van der Waals surface area contributed by atoms with E-state index in [0.717, 1.165) is 26.2 Å². The van der Waals surface area contributed by atoms with Crippen LogP contribution < -0.4 is 5.32 Å². The average Bonchev–Trinajstić information content (AvgIpc) is 2.15. The number of hydrogen-bond donors (Lipinski definition) is 1. The number of rotatable bonds is 8. The highest BCUT2D eigenvalue weighted by Crippen LogP contribution is 2.00. The highest BCUT2D eigenvalue weighted by atomic mass is 35.5. The van der Waals surface area contributed by atoms with Crippen molar-refractivity contribution in [1.29, 1.82) is 0 Å². The smallest absolute Gasteiger partial charge is 0.0591 e. The molecule has 0 rings (SSSR count). The number of hydrogen-bond acceptors (Lipinski definition) is 2. The van der Waals surface area contributed by atoms with E-state index < -0.39 is 0 Å². The highest BCUT2D eigenvalue weighted by molar-refractivity contribution is 6.36. The molecule has 84 valence electrons. The topological polar surface area (TPSA) is 21.3 Å². The van der Waals surface area contributed by atoms with Crippen LogP contribution in [0.5, 0.6) is 0 Å². The minimum absolute atomic E-state index is 0.610. The van der Waals surface area contributed by atoms with E-state index in [0.29, 0.717) is 17.5 Å². The Kier molecular flexibility index (Phi) is 9.95. The molecule has 0 bridgehead atoms. The van der Waals surface area contributed by atoms with E-state index >= 15 is 0 Å². The van der Waals surface area contributed by atoms with Crippen LogP contribution in [-0.4, -0.2) is 26.3 Å². The van der Waals surface area contributed by atoms with Crippen LogP contribution in [-0.2, 0) is 4.74 Å². The van der Waals surface area contributed by atoms with Gasteiger partial charge in [-0.15, -0.1) is 0 Å². The fraction of sp³-hybridized carbons (Fsp3) is 0.800. The third-order valence-electron chi connectivity index (χ3n) is 1.67. The Balaban J connectivity index is 3.07. The van der Waals surface area contributed by atoms with Crippen molar-refractivity contribution in [2.24, 2.45) is 5.92 Å². The van der Waals surface area contributed by atoms with Crippen molar-refractivity contribution in [2.45, 2.75) is 20.3 Å². The lowest BCUT2D eigenvalue weighted by Gasteiger charge is -2.06. The van der Waals surface area contributed by atoms with Gasteiger partial charge in [0.05, 0.1) is 6.61 Å². The lowest BCUT2D eigenvalue weighted by Crippen LogP contribution is -2.21. The van der Waals surface area contributed by atoms with Crippen molar-refractivity contribution in [3.8, 4) is 0 Å². The Labute approximate surface area is 96.6 Å². The third kappa shape index (κ3) is 10.3. The molecule has 2 nitrogen and oxygen atoms in total. The van der Waals surface area contributed by atoms with E-state index in [-0.39, 0.29) is 0 Å². The predicted molar refractivity (Wildman–Crippen MR) is 62.9 cm³/mol. The molecule has 0 radical (unpaired) electrons. The lowest BCUT2D eigenvalue weighted by molar-refractivity contribution is 0.126. The molecule has 0 heterocycles. The average molecular weight is 240 g/mol. The van der Waals surface area contributed by atoms with Crippen LogP contribution in [0.15, 0.2) is 10.6 Å². The van der Waals surface area contributed by atoms with Gasteiger partial charge in [-0.25, -0.2) is 0 Å². The monoisotopic (exact) mass is 239 g/mol. The zero-order valence-electron chi connectivity index (χ0n) is 8.85. The van der Waals surface area contributed by atoms with E-state index in [1.54, 1.807) is 0 Å². The summed E-state index contributed by atoms with van der Waals surface area (Å²) in [6, 6.07) is 0. The molecule has 0 spiro atoms. The largest absolute Gasteiger partial charge is 0.380 e. The molecular formula is C10H19Cl2NO. The van der Waals surface area contributed by atoms with Gasteiger partial charge in [0, 0.05) is 30.3 Å². The SMILES string of the molecule is CC(C)CCOCCNCC(Cl)=CCl. The van der Waals surface area contributed by atoms with E-state index in [1.165, 1.54) is 5.54 Å². The van der Waals surface area contributed by atoms with Crippen LogP contribution in [0.2, 0.25) is 0 Å². The summed E-state index contributed by atoms with van der Waals surface area (Å²) < 4.78 is 5.40. The first-order valence-electron chi connectivity index (χ1n) is 4.90. The molecule has 1 N–H and O–H groups in total.